The molecule has 0 spiro atoms. The zero-order valence-electron chi connectivity index (χ0n) is 9.05. The summed E-state index contributed by atoms with van der Waals surface area (Å²) in [4.78, 5) is 11.9. The Hall–Kier alpha value is -0.330. The fraction of sp³-hybridized carbons (Fsp3) is 0.364. The van der Waals surface area contributed by atoms with Gasteiger partial charge < -0.3 is 10.4 Å². The molecule has 0 unspecified atom stereocenters. The van der Waals surface area contributed by atoms with E-state index in [1.807, 2.05) is 0 Å². The normalized spacial score (nSPS) is 11.3. The lowest BCUT2D eigenvalue weighted by atomic mass is 10.1. The molecule has 5 heteroatoms. The Labute approximate surface area is 113 Å². The number of aliphatic hydroxyl groups is 1. The highest BCUT2D eigenvalue weighted by atomic mass is 127. The predicted octanol–water partition coefficient (Wildman–Crippen LogP) is 2.45. The molecule has 1 amide bonds. The van der Waals surface area contributed by atoms with Crippen molar-refractivity contribution in [3.8, 4) is 0 Å². The molecule has 3 nitrogen and oxygen atoms in total. The molecule has 0 aliphatic rings. The SMILES string of the molecule is CC(C)(CO)NC(=O)c1cc(Cl)ccc1I. The molecule has 1 rings (SSSR count). The van der Waals surface area contributed by atoms with Crippen molar-refractivity contribution in [1.29, 1.82) is 0 Å². The van der Waals surface area contributed by atoms with Crippen molar-refractivity contribution in [1.82, 2.24) is 5.32 Å². The van der Waals surface area contributed by atoms with E-state index in [-0.39, 0.29) is 12.5 Å². The van der Waals surface area contributed by atoms with Gasteiger partial charge in [0.15, 0.2) is 0 Å². The maximum atomic E-state index is 11.9. The Balaban J connectivity index is 2.93. The number of aliphatic hydroxyl groups excluding tert-OH is 1. The van der Waals surface area contributed by atoms with Crippen LogP contribution >= 0.6 is 34.2 Å². The number of carbonyl (C=O) groups excluding carboxylic acids is 1. The fourth-order valence-electron chi connectivity index (χ4n) is 1.09. The van der Waals surface area contributed by atoms with Gasteiger partial charge in [-0.05, 0) is 54.6 Å². The van der Waals surface area contributed by atoms with Gasteiger partial charge in [0.1, 0.15) is 0 Å². The van der Waals surface area contributed by atoms with Crippen LogP contribution in [0.2, 0.25) is 5.02 Å². The van der Waals surface area contributed by atoms with Crippen molar-refractivity contribution in [2.45, 2.75) is 19.4 Å². The third-order valence-corrected chi connectivity index (χ3v) is 3.20. The average molecular weight is 354 g/mol. The Morgan fingerprint density at radius 2 is 2.19 bits per heavy atom. The van der Waals surface area contributed by atoms with Gasteiger partial charge in [0, 0.05) is 8.59 Å². The summed E-state index contributed by atoms with van der Waals surface area (Å²) in [5, 5.41) is 12.3. The molecule has 2 N–H and O–H groups in total. The largest absolute Gasteiger partial charge is 0.394 e. The van der Waals surface area contributed by atoms with Gasteiger partial charge in [0.2, 0.25) is 0 Å². The van der Waals surface area contributed by atoms with E-state index in [4.69, 9.17) is 16.7 Å². The van der Waals surface area contributed by atoms with Crippen molar-refractivity contribution in [3.63, 3.8) is 0 Å². The second-order valence-electron chi connectivity index (χ2n) is 4.12. The smallest absolute Gasteiger partial charge is 0.252 e. The summed E-state index contributed by atoms with van der Waals surface area (Å²) in [7, 11) is 0. The third-order valence-electron chi connectivity index (χ3n) is 2.02. The van der Waals surface area contributed by atoms with Gasteiger partial charge in [-0.15, -0.1) is 0 Å². The van der Waals surface area contributed by atoms with Crippen LogP contribution in [0.25, 0.3) is 0 Å². The number of amides is 1. The summed E-state index contributed by atoms with van der Waals surface area (Å²) in [6.07, 6.45) is 0. The van der Waals surface area contributed by atoms with Crippen molar-refractivity contribution >= 4 is 40.1 Å². The Bertz CT molecular complexity index is 407. The van der Waals surface area contributed by atoms with Crippen LogP contribution in [0, 0.1) is 3.57 Å². The van der Waals surface area contributed by atoms with Gasteiger partial charge in [0.05, 0.1) is 17.7 Å². The van der Waals surface area contributed by atoms with Gasteiger partial charge >= 0.3 is 0 Å². The molecule has 0 saturated carbocycles. The monoisotopic (exact) mass is 353 g/mol. The second-order valence-corrected chi connectivity index (χ2v) is 5.72. The zero-order valence-corrected chi connectivity index (χ0v) is 12.0. The summed E-state index contributed by atoms with van der Waals surface area (Å²) in [6.45, 7) is 3.39. The van der Waals surface area contributed by atoms with E-state index in [9.17, 15) is 4.79 Å². The third kappa shape index (κ3) is 3.61. The average Bonchev–Trinajstić information content (AvgIpc) is 2.21. The van der Waals surface area contributed by atoms with Crippen molar-refractivity contribution in [2.24, 2.45) is 0 Å². The summed E-state index contributed by atoms with van der Waals surface area (Å²) in [5.74, 6) is -0.231. The fourth-order valence-corrected chi connectivity index (χ4v) is 1.84. The minimum Gasteiger partial charge on any atom is -0.394 e. The number of rotatable bonds is 3. The maximum Gasteiger partial charge on any atom is 0.252 e. The number of hydrogen-bond acceptors (Lipinski definition) is 2. The topological polar surface area (TPSA) is 49.3 Å². The van der Waals surface area contributed by atoms with Gasteiger partial charge in [-0.25, -0.2) is 0 Å². The second kappa shape index (κ2) is 5.33. The maximum absolute atomic E-state index is 11.9. The van der Waals surface area contributed by atoms with Crippen molar-refractivity contribution in [2.75, 3.05) is 6.61 Å². The first-order valence-corrected chi connectivity index (χ1v) is 6.20. The van der Waals surface area contributed by atoms with Crippen LogP contribution in [0.1, 0.15) is 24.2 Å². The highest BCUT2D eigenvalue weighted by Crippen LogP contribution is 2.18. The lowest BCUT2D eigenvalue weighted by Gasteiger charge is -2.23. The van der Waals surface area contributed by atoms with Crippen molar-refractivity contribution < 1.29 is 9.90 Å². The summed E-state index contributed by atoms with van der Waals surface area (Å²) in [5.41, 5.74) is -0.114. The molecule has 1 aromatic rings. The first kappa shape index (κ1) is 13.7. The first-order chi connectivity index (χ1) is 7.35. The quantitative estimate of drug-likeness (QED) is 0.820. The molecule has 0 radical (unpaired) electrons. The molecule has 0 aliphatic heterocycles. The number of benzene rings is 1. The van der Waals surface area contributed by atoms with E-state index in [1.165, 1.54) is 0 Å². The molecule has 0 heterocycles. The van der Waals surface area contributed by atoms with E-state index >= 15 is 0 Å². The van der Waals surface area contributed by atoms with Gasteiger partial charge in [-0.2, -0.15) is 0 Å². The van der Waals surface area contributed by atoms with E-state index < -0.39 is 5.54 Å². The number of halogens is 2. The van der Waals surface area contributed by atoms with E-state index in [0.29, 0.717) is 10.6 Å². The number of carbonyl (C=O) groups is 1. The van der Waals surface area contributed by atoms with E-state index in [1.54, 1.807) is 32.0 Å². The van der Waals surface area contributed by atoms with Crippen LogP contribution in [0.3, 0.4) is 0 Å². The predicted molar refractivity (Wildman–Crippen MR) is 72.8 cm³/mol. The van der Waals surface area contributed by atoms with E-state index in [0.717, 1.165) is 3.57 Å². The lowest BCUT2D eigenvalue weighted by Crippen LogP contribution is -2.46. The molecule has 1 aromatic carbocycles. The van der Waals surface area contributed by atoms with Crippen LogP contribution in [0.4, 0.5) is 0 Å². The molecule has 0 bridgehead atoms. The number of nitrogens with one attached hydrogen (secondary N) is 1. The molecule has 0 atom stereocenters. The highest BCUT2D eigenvalue weighted by molar-refractivity contribution is 14.1. The Morgan fingerprint density at radius 1 is 1.56 bits per heavy atom. The molecule has 0 saturated heterocycles. The Kier molecular flexibility index (Phi) is 4.58. The van der Waals surface area contributed by atoms with Gasteiger partial charge in [-0.3, -0.25) is 4.79 Å². The van der Waals surface area contributed by atoms with Gasteiger partial charge in [-0.1, -0.05) is 11.6 Å². The number of hydrogen-bond donors (Lipinski definition) is 2. The summed E-state index contributed by atoms with van der Waals surface area (Å²) >= 11 is 7.91. The molecule has 16 heavy (non-hydrogen) atoms. The lowest BCUT2D eigenvalue weighted by molar-refractivity contribution is 0.0868. The van der Waals surface area contributed by atoms with Crippen LogP contribution in [0.15, 0.2) is 18.2 Å². The van der Waals surface area contributed by atoms with E-state index in [2.05, 4.69) is 27.9 Å². The van der Waals surface area contributed by atoms with Crippen LogP contribution < -0.4 is 5.32 Å². The molecule has 88 valence electrons. The highest BCUT2D eigenvalue weighted by Gasteiger charge is 2.21. The zero-order chi connectivity index (χ0) is 12.3. The standard InChI is InChI=1S/C11H13ClINO2/c1-11(2,6-15)14-10(16)8-5-7(12)3-4-9(8)13/h3-5,15H,6H2,1-2H3,(H,14,16). The molecule has 0 aliphatic carbocycles. The van der Waals surface area contributed by atoms with Crippen molar-refractivity contribution in [3.05, 3.63) is 32.4 Å². The Morgan fingerprint density at radius 3 is 2.75 bits per heavy atom. The molecule has 0 aromatic heterocycles. The summed E-state index contributed by atoms with van der Waals surface area (Å²) in [6, 6.07) is 5.13. The van der Waals surface area contributed by atoms with Crippen LogP contribution in [-0.2, 0) is 0 Å². The van der Waals surface area contributed by atoms with Crippen LogP contribution in [0.5, 0.6) is 0 Å². The van der Waals surface area contributed by atoms with Gasteiger partial charge in [0.25, 0.3) is 5.91 Å². The minimum absolute atomic E-state index is 0.115. The molecular weight excluding hydrogens is 340 g/mol. The summed E-state index contributed by atoms with van der Waals surface area (Å²) < 4.78 is 0.827. The first-order valence-electron chi connectivity index (χ1n) is 4.74. The molecular formula is C11H13ClINO2. The molecule has 0 fully saturated rings. The van der Waals surface area contributed by atoms with Crippen LogP contribution in [-0.4, -0.2) is 23.2 Å². The minimum atomic E-state index is -0.636.